The Labute approximate surface area is 158 Å². The quantitative estimate of drug-likeness (QED) is 0.654. The van der Waals surface area contributed by atoms with Gasteiger partial charge >= 0.3 is 6.09 Å². The molecule has 2 rings (SSSR count). The number of nitrogens with one attached hydrogen (secondary N) is 2. The third kappa shape index (κ3) is 5.28. The Kier molecular flexibility index (Phi) is 6.35. The van der Waals surface area contributed by atoms with Gasteiger partial charge in [-0.15, -0.1) is 0 Å². The fourth-order valence-corrected chi connectivity index (χ4v) is 2.97. The Hall–Kier alpha value is -2.43. The van der Waals surface area contributed by atoms with Crippen molar-refractivity contribution < 1.29 is 22.7 Å². The second-order valence-electron chi connectivity index (χ2n) is 5.18. The zero-order valence-corrected chi connectivity index (χ0v) is 16.1. The van der Waals surface area contributed by atoms with Crippen molar-refractivity contribution in [3.63, 3.8) is 0 Å². The van der Waals surface area contributed by atoms with Crippen molar-refractivity contribution in [3.05, 3.63) is 58.1 Å². The lowest BCUT2D eigenvalue weighted by Gasteiger charge is -2.09. The highest BCUT2D eigenvalue weighted by Gasteiger charge is 2.15. The van der Waals surface area contributed by atoms with Gasteiger partial charge in [-0.3, -0.25) is 10.1 Å². The van der Waals surface area contributed by atoms with E-state index in [2.05, 4.69) is 31.3 Å². The van der Waals surface area contributed by atoms with Gasteiger partial charge in [0.1, 0.15) is 0 Å². The number of hydrogen-bond acceptors (Lipinski definition) is 5. The molecule has 4 N–H and O–H groups in total. The van der Waals surface area contributed by atoms with E-state index < -0.39 is 22.0 Å². The molecule has 0 heterocycles. The first-order valence-corrected chi connectivity index (χ1v) is 9.59. The minimum Gasteiger partial charge on any atom is -0.453 e. The van der Waals surface area contributed by atoms with Crippen LogP contribution in [0.25, 0.3) is 0 Å². The highest BCUT2D eigenvalue weighted by molar-refractivity contribution is 9.10. The van der Waals surface area contributed by atoms with Crippen LogP contribution in [0.2, 0.25) is 0 Å². The summed E-state index contributed by atoms with van der Waals surface area (Å²) in [5.74, 6) is -0.459. The third-order valence-electron chi connectivity index (χ3n) is 3.35. The molecule has 138 valence electrons. The molecule has 2 aromatic rings. The van der Waals surface area contributed by atoms with Gasteiger partial charge in [-0.05, 0) is 51.8 Å². The fourth-order valence-electron chi connectivity index (χ4n) is 2.01. The van der Waals surface area contributed by atoms with Crippen LogP contribution in [0.4, 0.5) is 10.5 Å². The molecule has 0 aromatic heterocycles. The normalized spacial score (nSPS) is 10.9. The molecule has 2 amide bonds. The van der Waals surface area contributed by atoms with Crippen LogP contribution < -0.4 is 15.8 Å². The highest BCUT2D eigenvalue weighted by atomic mass is 79.9. The summed E-state index contributed by atoms with van der Waals surface area (Å²) in [6.45, 7) is 0.212. The average Bonchev–Trinajstić information content (AvgIpc) is 2.60. The molecule has 0 saturated heterocycles. The number of nitrogens with two attached hydrogens (primary N) is 1. The first-order valence-electron chi connectivity index (χ1n) is 7.25. The second kappa shape index (κ2) is 8.30. The summed E-state index contributed by atoms with van der Waals surface area (Å²) in [7, 11) is -2.64. The number of carbonyl (C=O) groups excluding carboxylic acids is 2. The number of sulfonamides is 1. The molecular formula is C16H16BrN3O5S. The van der Waals surface area contributed by atoms with E-state index in [1.807, 2.05) is 0 Å². The maximum absolute atomic E-state index is 12.3. The van der Waals surface area contributed by atoms with Gasteiger partial charge in [0.15, 0.2) is 0 Å². The molecule has 0 spiro atoms. The molecule has 0 unspecified atom stereocenters. The number of carbonyl (C=O) groups is 2. The number of anilines is 1. The molecule has 0 fully saturated rings. The van der Waals surface area contributed by atoms with E-state index in [-0.39, 0.29) is 17.0 Å². The molecular weight excluding hydrogens is 426 g/mol. The zero-order valence-electron chi connectivity index (χ0n) is 13.7. The van der Waals surface area contributed by atoms with Crippen molar-refractivity contribution in [2.45, 2.75) is 11.4 Å². The van der Waals surface area contributed by atoms with Gasteiger partial charge in [-0.1, -0.05) is 12.1 Å². The van der Waals surface area contributed by atoms with Gasteiger partial charge in [-0.25, -0.2) is 18.4 Å². The maximum Gasteiger partial charge on any atom is 0.411 e. The summed E-state index contributed by atoms with van der Waals surface area (Å²) in [6, 6.07) is 10.7. The number of halogens is 1. The predicted octanol–water partition coefficient (Wildman–Crippen LogP) is 2.20. The summed E-state index contributed by atoms with van der Waals surface area (Å²) >= 11 is 3.21. The molecule has 0 radical (unpaired) electrons. The number of primary sulfonamides is 1. The lowest BCUT2D eigenvalue weighted by atomic mass is 10.2. The van der Waals surface area contributed by atoms with Crippen molar-refractivity contribution in [2.75, 3.05) is 12.4 Å². The molecule has 0 saturated carbocycles. The zero-order chi connectivity index (χ0) is 19.3. The van der Waals surface area contributed by atoms with Gasteiger partial charge in [0, 0.05) is 16.7 Å². The number of benzene rings is 2. The van der Waals surface area contributed by atoms with Gasteiger partial charge in [0.2, 0.25) is 10.0 Å². The minimum absolute atomic E-state index is 0.149. The minimum atomic E-state index is -3.91. The van der Waals surface area contributed by atoms with Crippen molar-refractivity contribution in [1.82, 2.24) is 5.32 Å². The van der Waals surface area contributed by atoms with Crippen molar-refractivity contribution >= 4 is 43.6 Å². The lowest BCUT2D eigenvalue weighted by molar-refractivity contribution is 0.0950. The topological polar surface area (TPSA) is 128 Å². The van der Waals surface area contributed by atoms with E-state index in [4.69, 9.17) is 5.14 Å². The Balaban J connectivity index is 2.06. The van der Waals surface area contributed by atoms with Gasteiger partial charge < -0.3 is 10.1 Å². The molecule has 10 heteroatoms. The van der Waals surface area contributed by atoms with Gasteiger partial charge in [0.05, 0.1) is 17.6 Å². The van der Waals surface area contributed by atoms with Gasteiger partial charge in [-0.2, -0.15) is 0 Å². The van der Waals surface area contributed by atoms with Crippen LogP contribution in [0.15, 0.2) is 51.8 Å². The van der Waals surface area contributed by atoms with Crippen molar-refractivity contribution in [1.29, 1.82) is 0 Å². The molecule has 0 aliphatic heterocycles. The molecule has 0 aliphatic carbocycles. The van der Waals surface area contributed by atoms with Crippen LogP contribution in [-0.4, -0.2) is 27.5 Å². The predicted molar refractivity (Wildman–Crippen MR) is 99.2 cm³/mol. The monoisotopic (exact) mass is 441 g/mol. The maximum atomic E-state index is 12.3. The Morgan fingerprint density at radius 3 is 2.38 bits per heavy atom. The van der Waals surface area contributed by atoms with Crippen LogP contribution in [0.3, 0.4) is 0 Å². The SMILES string of the molecule is COC(=O)Nc1ccc(CNC(=O)c2cc(S(N)(=O)=O)ccc2Br)cc1. The van der Waals surface area contributed by atoms with Crippen LogP contribution in [0, 0.1) is 0 Å². The summed E-state index contributed by atoms with van der Waals surface area (Å²) < 4.78 is 27.8. The highest BCUT2D eigenvalue weighted by Crippen LogP contribution is 2.20. The number of rotatable bonds is 5. The first-order chi connectivity index (χ1) is 12.2. The number of ether oxygens (including phenoxy) is 1. The second-order valence-corrected chi connectivity index (χ2v) is 7.60. The Morgan fingerprint density at radius 1 is 1.15 bits per heavy atom. The fraction of sp³-hybridized carbons (Fsp3) is 0.125. The summed E-state index contributed by atoms with van der Waals surface area (Å²) in [4.78, 5) is 23.3. The molecule has 0 bridgehead atoms. The largest absolute Gasteiger partial charge is 0.453 e. The number of hydrogen-bond donors (Lipinski definition) is 3. The molecule has 0 atom stereocenters. The van der Waals surface area contributed by atoms with E-state index >= 15 is 0 Å². The summed E-state index contributed by atoms with van der Waals surface area (Å²) in [5.41, 5.74) is 1.49. The van der Waals surface area contributed by atoms with Crippen molar-refractivity contribution in [3.8, 4) is 0 Å². The van der Waals surface area contributed by atoms with E-state index in [0.717, 1.165) is 5.56 Å². The number of methoxy groups -OCH3 is 1. The lowest BCUT2D eigenvalue weighted by Crippen LogP contribution is -2.24. The third-order valence-corrected chi connectivity index (χ3v) is 4.95. The molecule has 26 heavy (non-hydrogen) atoms. The molecule has 8 nitrogen and oxygen atoms in total. The van der Waals surface area contributed by atoms with E-state index in [1.165, 1.54) is 25.3 Å². The first kappa shape index (κ1) is 19.9. The molecule has 2 aromatic carbocycles. The average molecular weight is 442 g/mol. The molecule has 0 aliphatic rings. The van der Waals surface area contributed by atoms with Crippen LogP contribution >= 0.6 is 15.9 Å². The summed E-state index contributed by atoms with van der Waals surface area (Å²) in [6.07, 6.45) is -0.578. The number of amides is 2. The Morgan fingerprint density at radius 2 is 1.81 bits per heavy atom. The van der Waals surface area contributed by atoms with E-state index in [0.29, 0.717) is 10.2 Å². The summed E-state index contributed by atoms with van der Waals surface area (Å²) in [5, 5.41) is 10.3. The van der Waals surface area contributed by atoms with Crippen LogP contribution in [0.1, 0.15) is 15.9 Å². The Bertz CT molecular complexity index is 929. The van der Waals surface area contributed by atoms with Crippen LogP contribution in [0.5, 0.6) is 0 Å². The van der Waals surface area contributed by atoms with Crippen molar-refractivity contribution in [2.24, 2.45) is 5.14 Å². The van der Waals surface area contributed by atoms with E-state index in [1.54, 1.807) is 24.3 Å². The van der Waals surface area contributed by atoms with Crippen LogP contribution in [-0.2, 0) is 21.3 Å². The smallest absolute Gasteiger partial charge is 0.411 e. The standard InChI is InChI=1S/C16H16BrN3O5S/c1-25-16(22)20-11-4-2-10(3-5-11)9-19-15(21)13-8-12(26(18,23)24)6-7-14(13)17/h2-8H,9H2,1H3,(H,19,21)(H,20,22)(H2,18,23,24). The van der Waals surface area contributed by atoms with E-state index in [9.17, 15) is 18.0 Å². The van der Waals surface area contributed by atoms with Gasteiger partial charge in [0.25, 0.3) is 5.91 Å².